The summed E-state index contributed by atoms with van der Waals surface area (Å²) >= 11 is 0. The number of aryl methyl sites for hydroxylation is 1. The standard InChI is InChI=1S/C22H31NO2/c1-3-5-6-7-8-19-9-11-20(12-10-19)25-21(24)22(17-23)15-13-18(4-2)14-16-22/h9-12,18H,3-8,13-16H2,1-2H3. The molecule has 0 bridgehead atoms. The van der Waals surface area contributed by atoms with E-state index >= 15 is 0 Å². The summed E-state index contributed by atoms with van der Waals surface area (Å²) in [5.74, 6) is 0.816. The Hall–Kier alpha value is -1.82. The predicted octanol–water partition coefficient (Wildman–Crippen LogP) is 5.82. The van der Waals surface area contributed by atoms with Crippen LogP contribution in [0.1, 0.15) is 77.2 Å². The second-order valence-electron chi connectivity index (χ2n) is 7.39. The minimum atomic E-state index is -0.954. The summed E-state index contributed by atoms with van der Waals surface area (Å²) in [5.41, 5.74) is 0.319. The van der Waals surface area contributed by atoms with Crippen molar-refractivity contribution in [3.8, 4) is 11.8 Å². The van der Waals surface area contributed by atoms with E-state index in [1.165, 1.54) is 31.2 Å². The lowest BCUT2D eigenvalue weighted by molar-refractivity contribution is -0.144. The van der Waals surface area contributed by atoms with Crippen molar-refractivity contribution in [1.82, 2.24) is 0 Å². The van der Waals surface area contributed by atoms with Gasteiger partial charge in [-0.15, -0.1) is 0 Å². The molecule has 3 nitrogen and oxygen atoms in total. The molecule has 0 amide bonds. The van der Waals surface area contributed by atoms with Crippen LogP contribution in [0.4, 0.5) is 0 Å². The van der Waals surface area contributed by atoms with Gasteiger partial charge in [-0.05, 0) is 62.1 Å². The molecule has 2 rings (SSSR count). The molecule has 1 aromatic rings. The number of carbonyl (C=O) groups excluding carboxylic acids is 1. The molecule has 25 heavy (non-hydrogen) atoms. The van der Waals surface area contributed by atoms with Gasteiger partial charge in [-0.3, -0.25) is 0 Å². The zero-order valence-corrected chi connectivity index (χ0v) is 15.7. The summed E-state index contributed by atoms with van der Waals surface area (Å²) in [6, 6.07) is 10.0. The van der Waals surface area contributed by atoms with Gasteiger partial charge in [-0.2, -0.15) is 5.26 Å². The minimum absolute atomic E-state index is 0.375. The first-order valence-electron chi connectivity index (χ1n) is 9.86. The predicted molar refractivity (Wildman–Crippen MR) is 100 cm³/mol. The molecule has 0 atom stereocenters. The first-order valence-corrected chi connectivity index (χ1v) is 9.86. The van der Waals surface area contributed by atoms with Crippen LogP contribution >= 0.6 is 0 Å². The van der Waals surface area contributed by atoms with Crippen LogP contribution in [0, 0.1) is 22.7 Å². The molecule has 0 aromatic heterocycles. The Morgan fingerprint density at radius 2 is 1.84 bits per heavy atom. The van der Waals surface area contributed by atoms with Gasteiger partial charge in [0.2, 0.25) is 0 Å². The molecule has 0 N–H and O–H groups in total. The number of ether oxygens (including phenoxy) is 1. The van der Waals surface area contributed by atoms with Crippen LogP contribution in [-0.4, -0.2) is 5.97 Å². The monoisotopic (exact) mass is 341 g/mol. The van der Waals surface area contributed by atoms with Crippen LogP contribution in [0.2, 0.25) is 0 Å². The topological polar surface area (TPSA) is 50.1 Å². The number of carbonyl (C=O) groups is 1. The van der Waals surface area contributed by atoms with Crippen molar-refractivity contribution >= 4 is 5.97 Å². The lowest BCUT2D eigenvalue weighted by Crippen LogP contribution is -2.37. The SMILES string of the molecule is CCCCCCc1ccc(OC(=O)C2(C#N)CCC(CC)CC2)cc1. The number of hydrogen-bond donors (Lipinski definition) is 0. The normalized spacial score (nSPS) is 23.0. The first kappa shape index (κ1) is 19.5. The fraction of sp³-hybridized carbons (Fsp3) is 0.636. The number of nitriles is 1. The fourth-order valence-corrected chi connectivity index (χ4v) is 3.62. The third kappa shape index (κ3) is 5.33. The Morgan fingerprint density at radius 3 is 2.40 bits per heavy atom. The number of esters is 1. The van der Waals surface area contributed by atoms with E-state index in [4.69, 9.17) is 4.74 Å². The van der Waals surface area contributed by atoms with Gasteiger partial charge in [0.05, 0.1) is 6.07 Å². The zero-order valence-electron chi connectivity index (χ0n) is 15.7. The van der Waals surface area contributed by atoms with E-state index in [0.717, 1.165) is 25.7 Å². The smallest absolute Gasteiger partial charge is 0.331 e. The molecule has 1 saturated carbocycles. The second-order valence-corrected chi connectivity index (χ2v) is 7.39. The summed E-state index contributed by atoms with van der Waals surface area (Å²) in [4.78, 5) is 12.6. The fourth-order valence-electron chi connectivity index (χ4n) is 3.62. The maximum atomic E-state index is 12.6. The Labute approximate surface area is 152 Å². The lowest BCUT2D eigenvalue weighted by Gasteiger charge is -2.32. The molecular weight excluding hydrogens is 310 g/mol. The highest BCUT2D eigenvalue weighted by atomic mass is 16.5. The third-order valence-corrected chi connectivity index (χ3v) is 5.59. The lowest BCUT2D eigenvalue weighted by atomic mass is 9.71. The molecule has 1 fully saturated rings. The summed E-state index contributed by atoms with van der Waals surface area (Å²) < 4.78 is 5.55. The molecule has 0 unspecified atom stereocenters. The molecule has 0 aliphatic heterocycles. The maximum absolute atomic E-state index is 12.6. The van der Waals surface area contributed by atoms with Crippen LogP contribution < -0.4 is 4.74 Å². The quantitative estimate of drug-likeness (QED) is 0.340. The molecule has 0 spiro atoms. The van der Waals surface area contributed by atoms with Crippen molar-refractivity contribution in [2.24, 2.45) is 11.3 Å². The summed E-state index contributed by atoms with van der Waals surface area (Å²) in [7, 11) is 0. The number of rotatable bonds is 8. The molecule has 3 heteroatoms. The molecule has 0 heterocycles. The van der Waals surface area contributed by atoms with E-state index in [1.807, 2.05) is 24.3 Å². The van der Waals surface area contributed by atoms with E-state index in [0.29, 0.717) is 24.5 Å². The molecule has 1 aliphatic carbocycles. The van der Waals surface area contributed by atoms with Crippen molar-refractivity contribution in [2.45, 2.75) is 78.1 Å². The van der Waals surface area contributed by atoms with Gasteiger partial charge in [0.25, 0.3) is 0 Å². The first-order chi connectivity index (χ1) is 12.1. The zero-order chi connectivity index (χ0) is 18.1. The van der Waals surface area contributed by atoms with Gasteiger partial charge < -0.3 is 4.74 Å². The summed E-state index contributed by atoms with van der Waals surface area (Å²) in [6.07, 6.45) is 10.3. The van der Waals surface area contributed by atoms with Gasteiger partial charge in [-0.1, -0.05) is 51.7 Å². The van der Waals surface area contributed by atoms with Gasteiger partial charge in [0, 0.05) is 0 Å². The van der Waals surface area contributed by atoms with Gasteiger partial charge in [0.15, 0.2) is 5.41 Å². The van der Waals surface area contributed by atoms with E-state index in [2.05, 4.69) is 19.9 Å². The number of nitrogens with zero attached hydrogens (tertiary/aromatic N) is 1. The van der Waals surface area contributed by atoms with Crippen molar-refractivity contribution in [1.29, 1.82) is 5.26 Å². The summed E-state index contributed by atoms with van der Waals surface area (Å²) in [6.45, 7) is 4.39. The Morgan fingerprint density at radius 1 is 1.16 bits per heavy atom. The maximum Gasteiger partial charge on any atom is 0.331 e. The largest absolute Gasteiger partial charge is 0.425 e. The van der Waals surface area contributed by atoms with Crippen LogP contribution in [0.5, 0.6) is 5.75 Å². The van der Waals surface area contributed by atoms with Crippen LogP contribution in [0.25, 0.3) is 0 Å². The van der Waals surface area contributed by atoms with E-state index < -0.39 is 5.41 Å². The highest BCUT2D eigenvalue weighted by Gasteiger charge is 2.43. The highest BCUT2D eigenvalue weighted by Crippen LogP contribution is 2.40. The summed E-state index contributed by atoms with van der Waals surface area (Å²) in [5, 5.41) is 9.58. The van der Waals surface area contributed by atoms with Gasteiger partial charge in [0.1, 0.15) is 5.75 Å². The average molecular weight is 341 g/mol. The van der Waals surface area contributed by atoms with Crippen molar-refractivity contribution < 1.29 is 9.53 Å². The number of hydrogen-bond acceptors (Lipinski definition) is 3. The van der Waals surface area contributed by atoms with Crippen LogP contribution in [-0.2, 0) is 11.2 Å². The average Bonchev–Trinajstić information content (AvgIpc) is 2.66. The molecular formula is C22H31NO2. The minimum Gasteiger partial charge on any atom is -0.425 e. The Kier molecular flexibility index (Phi) is 7.50. The molecule has 1 aliphatic rings. The highest BCUT2D eigenvalue weighted by molar-refractivity contribution is 5.82. The van der Waals surface area contributed by atoms with Crippen LogP contribution in [0.3, 0.4) is 0 Å². The third-order valence-electron chi connectivity index (χ3n) is 5.59. The Bertz CT molecular complexity index is 577. The molecule has 0 saturated heterocycles. The second kappa shape index (κ2) is 9.61. The van der Waals surface area contributed by atoms with E-state index in [9.17, 15) is 10.1 Å². The van der Waals surface area contributed by atoms with Crippen molar-refractivity contribution in [3.63, 3.8) is 0 Å². The van der Waals surface area contributed by atoms with E-state index in [-0.39, 0.29) is 5.97 Å². The number of unbranched alkanes of at least 4 members (excludes halogenated alkanes) is 3. The van der Waals surface area contributed by atoms with Crippen molar-refractivity contribution in [3.05, 3.63) is 29.8 Å². The van der Waals surface area contributed by atoms with Gasteiger partial charge in [-0.25, -0.2) is 4.79 Å². The van der Waals surface area contributed by atoms with Crippen LogP contribution in [0.15, 0.2) is 24.3 Å². The van der Waals surface area contributed by atoms with Gasteiger partial charge >= 0.3 is 5.97 Å². The molecule has 1 aromatic carbocycles. The van der Waals surface area contributed by atoms with Crippen molar-refractivity contribution in [2.75, 3.05) is 0 Å². The Balaban J connectivity index is 1.90. The van der Waals surface area contributed by atoms with E-state index in [1.54, 1.807) is 0 Å². The molecule has 0 radical (unpaired) electrons. The molecule has 136 valence electrons. The number of benzene rings is 1.